The van der Waals surface area contributed by atoms with Gasteiger partial charge in [-0.1, -0.05) is 35.9 Å². The summed E-state index contributed by atoms with van der Waals surface area (Å²) < 4.78 is 5.32. The summed E-state index contributed by atoms with van der Waals surface area (Å²) in [6.07, 6.45) is 0. The van der Waals surface area contributed by atoms with Crippen molar-refractivity contribution < 1.29 is 4.74 Å². The number of nitrogens with two attached hydrogens (primary N) is 1. The molecule has 0 saturated heterocycles. The van der Waals surface area contributed by atoms with Crippen LogP contribution in [0.25, 0.3) is 0 Å². The molecule has 0 amide bonds. The molecule has 4 heteroatoms. The monoisotopic (exact) mass is 276 g/mol. The lowest BCUT2D eigenvalue weighted by Crippen LogP contribution is -2.20. The fourth-order valence-corrected chi connectivity index (χ4v) is 2.15. The molecule has 0 aliphatic heterocycles. The van der Waals surface area contributed by atoms with Crippen molar-refractivity contribution in [3.05, 3.63) is 59.1 Å². The van der Waals surface area contributed by atoms with Crippen LogP contribution in [-0.4, -0.2) is 13.7 Å². The van der Waals surface area contributed by atoms with Gasteiger partial charge in [-0.05, 0) is 29.8 Å². The Labute approximate surface area is 118 Å². The molecule has 0 fully saturated rings. The van der Waals surface area contributed by atoms with E-state index in [4.69, 9.17) is 22.1 Å². The summed E-state index contributed by atoms with van der Waals surface area (Å²) in [4.78, 5) is 0. The number of methoxy groups -OCH3 is 1. The molecule has 3 N–H and O–H groups in total. The van der Waals surface area contributed by atoms with E-state index in [2.05, 4.69) is 5.32 Å². The Bertz CT molecular complexity index is 545. The number of nitrogens with one attached hydrogen (secondary N) is 1. The van der Waals surface area contributed by atoms with Crippen LogP contribution in [0.2, 0.25) is 5.02 Å². The van der Waals surface area contributed by atoms with Gasteiger partial charge in [0.1, 0.15) is 5.75 Å². The quantitative estimate of drug-likeness (QED) is 0.879. The summed E-state index contributed by atoms with van der Waals surface area (Å²) >= 11 is 6.01. The van der Waals surface area contributed by atoms with E-state index in [0.717, 1.165) is 17.0 Å². The molecule has 0 aromatic heterocycles. The Balaban J connectivity index is 2.24. The number of anilines is 1. The zero-order valence-electron chi connectivity index (χ0n) is 10.8. The standard InChI is InChI=1S/C15H17ClN2O/c1-19-15-8-3-2-7-13(15)18-14(10-17)11-5-4-6-12(16)9-11/h2-9,14,18H,10,17H2,1H3. The Morgan fingerprint density at radius 3 is 2.68 bits per heavy atom. The third-order valence-electron chi connectivity index (χ3n) is 2.92. The van der Waals surface area contributed by atoms with Crippen molar-refractivity contribution in [2.24, 2.45) is 5.73 Å². The van der Waals surface area contributed by atoms with Crippen molar-refractivity contribution in [2.75, 3.05) is 19.0 Å². The second-order valence-electron chi connectivity index (χ2n) is 4.19. The Morgan fingerprint density at radius 2 is 2.00 bits per heavy atom. The number of hydrogen-bond acceptors (Lipinski definition) is 3. The van der Waals surface area contributed by atoms with Gasteiger partial charge in [0, 0.05) is 11.6 Å². The maximum absolute atomic E-state index is 6.01. The molecule has 0 saturated carbocycles. The third-order valence-corrected chi connectivity index (χ3v) is 3.16. The summed E-state index contributed by atoms with van der Waals surface area (Å²) in [6.45, 7) is 0.471. The summed E-state index contributed by atoms with van der Waals surface area (Å²) in [5.41, 5.74) is 7.82. The normalized spacial score (nSPS) is 11.9. The molecule has 0 aliphatic rings. The maximum Gasteiger partial charge on any atom is 0.141 e. The van der Waals surface area contributed by atoms with Crippen LogP contribution in [0.3, 0.4) is 0 Å². The van der Waals surface area contributed by atoms with Gasteiger partial charge >= 0.3 is 0 Å². The first-order chi connectivity index (χ1) is 9.24. The van der Waals surface area contributed by atoms with Gasteiger partial charge in [-0.25, -0.2) is 0 Å². The van der Waals surface area contributed by atoms with Crippen LogP contribution in [0, 0.1) is 0 Å². The summed E-state index contributed by atoms with van der Waals surface area (Å²) in [5, 5.41) is 4.09. The molecule has 2 rings (SSSR count). The molecule has 2 aromatic rings. The highest BCUT2D eigenvalue weighted by Crippen LogP contribution is 2.28. The highest BCUT2D eigenvalue weighted by Gasteiger charge is 2.12. The van der Waals surface area contributed by atoms with E-state index in [1.807, 2.05) is 48.5 Å². The van der Waals surface area contributed by atoms with Crippen LogP contribution in [0.15, 0.2) is 48.5 Å². The Morgan fingerprint density at radius 1 is 1.21 bits per heavy atom. The van der Waals surface area contributed by atoms with Crippen molar-refractivity contribution in [2.45, 2.75) is 6.04 Å². The molecule has 0 heterocycles. The van der Waals surface area contributed by atoms with Gasteiger partial charge in [-0.2, -0.15) is 0 Å². The molecule has 1 atom stereocenters. The number of para-hydroxylation sites is 2. The van der Waals surface area contributed by atoms with Crippen molar-refractivity contribution in [1.82, 2.24) is 0 Å². The maximum atomic E-state index is 6.01. The fraction of sp³-hybridized carbons (Fsp3) is 0.200. The first kappa shape index (κ1) is 13.7. The van der Waals surface area contributed by atoms with E-state index in [1.165, 1.54) is 0 Å². The van der Waals surface area contributed by atoms with Crippen molar-refractivity contribution in [3.8, 4) is 5.75 Å². The lowest BCUT2D eigenvalue weighted by Gasteiger charge is -2.20. The van der Waals surface area contributed by atoms with Crippen LogP contribution in [0.1, 0.15) is 11.6 Å². The lowest BCUT2D eigenvalue weighted by atomic mass is 10.1. The van der Waals surface area contributed by atoms with Gasteiger partial charge in [0.05, 0.1) is 18.8 Å². The number of hydrogen-bond donors (Lipinski definition) is 2. The Kier molecular flexibility index (Phi) is 4.66. The molecule has 2 aromatic carbocycles. The fourth-order valence-electron chi connectivity index (χ4n) is 1.95. The predicted molar refractivity (Wildman–Crippen MR) is 79.9 cm³/mol. The van der Waals surface area contributed by atoms with Crippen LogP contribution in [0.5, 0.6) is 5.75 Å². The van der Waals surface area contributed by atoms with Crippen LogP contribution < -0.4 is 15.8 Å². The minimum Gasteiger partial charge on any atom is -0.495 e. The third kappa shape index (κ3) is 3.40. The minimum atomic E-state index is -0.00463. The van der Waals surface area contributed by atoms with Gasteiger partial charge in [0.25, 0.3) is 0 Å². The molecule has 100 valence electrons. The molecular weight excluding hydrogens is 260 g/mol. The van der Waals surface area contributed by atoms with Crippen molar-refractivity contribution >= 4 is 17.3 Å². The van der Waals surface area contributed by atoms with Gasteiger partial charge in [-0.3, -0.25) is 0 Å². The number of benzene rings is 2. The molecule has 0 aliphatic carbocycles. The van der Waals surface area contributed by atoms with Crippen LogP contribution in [0.4, 0.5) is 5.69 Å². The van der Waals surface area contributed by atoms with Crippen molar-refractivity contribution in [1.29, 1.82) is 0 Å². The topological polar surface area (TPSA) is 47.3 Å². The zero-order valence-corrected chi connectivity index (χ0v) is 11.5. The second-order valence-corrected chi connectivity index (χ2v) is 4.62. The minimum absolute atomic E-state index is 0.00463. The highest BCUT2D eigenvalue weighted by molar-refractivity contribution is 6.30. The van der Waals surface area contributed by atoms with Crippen LogP contribution >= 0.6 is 11.6 Å². The van der Waals surface area contributed by atoms with E-state index in [1.54, 1.807) is 7.11 Å². The molecule has 1 unspecified atom stereocenters. The van der Waals surface area contributed by atoms with E-state index >= 15 is 0 Å². The van der Waals surface area contributed by atoms with Gasteiger partial charge in [0.15, 0.2) is 0 Å². The number of ether oxygens (including phenoxy) is 1. The van der Waals surface area contributed by atoms with E-state index < -0.39 is 0 Å². The largest absolute Gasteiger partial charge is 0.495 e. The van der Waals surface area contributed by atoms with E-state index in [9.17, 15) is 0 Å². The van der Waals surface area contributed by atoms with E-state index in [-0.39, 0.29) is 6.04 Å². The average Bonchev–Trinajstić information content (AvgIpc) is 2.45. The summed E-state index contributed by atoms with van der Waals surface area (Å²) in [7, 11) is 1.65. The number of rotatable bonds is 5. The summed E-state index contributed by atoms with van der Waals surface area (Å²) in [6, 6.07) is 15.5. The summed E-state index contributed by atoms with van der Waals surface area (Å²) in [5.74, 6) is 0.794. The zero-order chi connectivity index (χ0) is 13.7. The molecule has 0 bridgehead atoms. The highest BCUT2D eigenvalue weighted by atomic mass is 35.5. The average molecular weight is 277 g/mol. The second kappa shape index (κ2) is 6.45. The van der Waals surface area contributed by atoms with Crippen LogP contribution in [-0.2, 0) is 0 Å². The first-order valence-corrected chi connectivity index (χ1v) is 6.47. The van der Waals surface area contributed by atoms with Gasteiger partial charge in [0.2, 0.25) is 0 Å². The first-order valence-electron chi connectivity index (χ1n) is 6.09. The van der Waals surface area contributed by atoms with Gasteiger partial charge in [-0.15, -0.1) is 0 Å². The SMILES string of the molecule is COc1ccccc1NC(CN)c1cccc(Cl)c1. The molecule has 19 heavy (non-hydrogen) atoms. The number of halogens is 1. The lowest BCUT2D eigenvalue weighted by molar-refractivity contribution is 0.416. The molecule has 0 spiro atoms. The molecule has 0 radical (unpaired) electrons. The molecular formula is C15H17ClN2O. The smallest absolute Gasteiger partial charge is 0.141 e. The van der Waals surface area contributed by atoms with E-state index in [0.29, 0.717) is 11.6 Å². The van der Waals surface area contributed by atoms with Crippen molar-refractivity contribution in [3.63, 3.8) is 0 Å². The molecule has 3 nitrogen and oxygen atoms in total. The Hall–Kier alpha value is -1.71. The van der Waals surface area contributed by atoms with Gasteiger partial charge < -0.3 is 15.8 Å². The predicted octanol–water partition coefficient (Wildman–Crippen LogP) is 3.46.